The molecule has 20 heavy (non-hydrogen) atoms. The van der Waals surface area contributed by atoms with Crippen molar-refractivity contribution in [3.05, 3.63) is 38.3 Å². The van der Waals surface area contributed by atoms with Crippen LogP contribution in [-0.2, 0) is 6.42 Å². The van der Waals surface area contributed by atoms with Crippen molar-refractivity contribution in [2.45, 2.75) is 32.2 Å². The van der Waals surface area contributed by atoms with Gasteiger partial charge in [0.25, 0.3) is 0 Å². The number of thiazole rings is 1. The average Bonchev–Trinajstić information content (AvgIpc) is 2.83. The highest BCUT2D eigenvalue weighted by atomic mass is 79.9. The maximum absolute atomic E-state index is 6.35. The number of benzene rings is 1. The van der Waals surface area contributed by atoms with E-state index in [0.717, 1.165) is 33.0 Å². The summed E-state index contributed by atoms with van der Waals surface area (Å²) >= 11 is 11.6. The van der Waals surface area contributed by atoms with Crippen LogP contribution in [0.25, 0.3) is 10.6 Å². The van der Waals surface area contributed by atoms with Crippen LogP contribution in [0.1, 0.15) is 36.4 Å². The summed E-state index contributed by atoms with van der Waals surface area (Å²) in [6.07, 6.45) is 3.50. The zero-order chi connectivity index (χ0) is 14.1. The number of hydrogen-bond donors (Lipinski definition) is 1. The van der Waals surface area contributed by atoms with Crippen LogP contribution in [0.5, 0.6) is 0 Å². The van der Waals surface area contributed by atoms with Crippen molar-refractivity contribution < 1.29 is 0 Å². The fourth-order valence-electron chi connectivity index (χ4n) is 2.64. The molecule has 106 valence electrons. The van der Waals surface area contributed by atoms with Crippen molar-refractivity contribution in [2.75, 3.05) is 6.54 Å². The second-order valence-electron chi connectivity index (χ2n) is 4.96. The Kier molecular flexibility index (Phi) is 4.46. The van der Waals surface area contributed by atoms with Crippen molar-refractivity contribution in [3.8, 4) is 10.6 Å². The smallest absolute Gasteiger partial charge is 0.125 e. The number of fused-ring (bicyclic) bond motifs is 1. The third-order valence-electron chi connectivity index (χ3n) is 3.56. The molecule has 1 N–H and O–H groups in total. The highest BCUT2D eigenvalue weighted by molar-refractivity contribution is 9.10. The Morgan fingerprint density at radius 1 is 1.50 bits per heavy atom. The van der Waals surface area contributed by atoms with Gasteiger partial charge in [-0.3, -0.25) is 0 Å². The molecule has 1 unspecified atom stereocenters. The summed E-state index contributed by atoms with van der Waals surface area (Å²) in [5, 5.41) is 5.35. The monoisotopic (exact) mass is 370 g/mol. The lowest BCUT2D eigenvalue weighted by atomic mass is 9.98. The van der Waals surface area contributed by atoms with Gasteiger partial charge in [0.2, 0.25) is 0 Å². The number of aromatic nitrogens is 1. The summed E-state index contributed by atoms with van der Waals surface area (Å²) in [5.41, 5.74) is 2.28. The minimum atomic E-state index is 0.462. The first-order valence-electron chi connectivity index (χ1n) is 6.87. The molecule has 0 radical (unpaired) electrons. The van der Waals surface area contributed by atoms with Crippen LogP contribution in [0.2, 0.25) is 5.02 Å². The van der Waals surface area contributed by atoms with Crippen molar-refractivity contribution in [3.63, 3.8) is 0 Å². The lowest BCUT2D eigenvalue weighted by Gasteiger charge is -2.21. The van der Waals surface area contributed by atoms with E-state index >= 15 is 0 Å². The van der Waals surface area contributed by atoms with Gasteiger partial charge in [0.1, 0.15) is 5.01 Å². The molecule has 0 saturated carbocycles. The molecule has 0 spiro atoms. The molecule has 1 aromatic carbocycles. The Balaban J connectivity index is 2.00. The van der Waals surface area contributed by atoms with Crippen molar-refractivity contribution in [1.82, 2.24) is 10.3 Å². The summed E-state index contributed by atoms with van der Waals surface area (Å²) < 4.78 is 0.998. The molecule has 0 aliphatic heterocycles. The zero-order valence-electron chi connectivity index (χ0n) is 11.2. The molecule has 1 aliphatic carbocycles. The van der Waals surface area contributed by atoms with E-state index in [2.05, 4.69) is 28.2 Å². The highest BCUT2D eigenvalue weighted by Crippen LogP contribution is 2.40. The molecule has 2 aromatic rings. The molecule has 1 heterocycles. The van der Waals surface area contributed by atoms with Gasteiger partial charge in [-0.2, -0.15) is 0 Å². The van der Waals surface area contributed by atoms with E-state index in [0.29, 0.717) is 6.04 Å². The number of nitrogens with one attached hydrogen (secondary N) is 1. The third kappa shape index (κ3) is 2.80. The fourth-order valence-corrected chi connectivity index (χ4v) is 4.72. The molecule has 2 nitrogen and oxygen atoms in total. The van der Waals surface area contributed by atoms with Crippen LogP contribution in [-0.4, -0.2) is 11.5 Å². The molecule has 0 fully saturated rings. The van der Waals surface area contributed by atoms with Crippen LogP contribution in [0.15, 0.2) is 22.7 Å². The lowest BCUT2D eigenvalue weighted by molar-refractivity contribution is 0.476. The molecule has 0 saturated heterocycles. The Bertz CT molecular complexity index is 626. The summed E-state index contributed by atoms with van der Waals surface area (Å²) in [5.74, 6) is 0. The SMILES string of the molecule is CCNC1CCCc2nc(-c3ccc(Br)cc3Cl)sc21. The normalized spacial score (nSPS) is 18.1. The molecular formula is C15H16BrClN2S. The minimum absolute atomic E-state index is 0.462. The van der Waals surface area contributed by atoms with E-state index in [1.165, 1.54) is 23.4 Å². The number of rotatable bonds is 3. The quantitative estimate of drug-likeness (QED) is 0.800. The average molecular weight is 372 g/mol. The molecule has 1 aliphatic rings. The Labute approximate surface area is 136 Å². The van der Waals surface area contributed by atoms with Crippen LogP contribution < -0.4 is 5.32 Å². The topological polar surface area (TPSA) is 24.9 Å². The largest absolute Gasteiger partial charge is 0.309 e. The molecule has 1 atom stereocenters. The van der Waals surface area contributed by atoms with Gasteiger partial charge in [-0.05, 0) is 44.0 Å². The van der Waals surface area contributed by atoms with Crippen LogP contribution in [0.3, 0.4) is 0 Å². The van der Waals surface area contributed by atoms with E-state index < -0.39 is 0 Å². The van der Waals surface area contributed by atoms with Gasteiger partial charge in [0.05, 0.1) is 10.7 Å². The first-order chi connectivity index (χ1) is 9.69. The van der Waals surface area contributed by atoms with Crippen LogP contribution >= 0.6 is 38.9 Å². The maximum Gasteiger partial charge on any atom is 0.125 e. The van der Waals surface area contributed by atoms with Gasteiger partial charge in [-0.1, -0.05) is 34.5 Å². The Morgan fingerprint density at radius 2 is 2.35 bits per heavy atom. The summed E-state index contributed by atoms with van der Waals surface area (Å²) in [7, 11) is 0. The van der Waals surface area contributed by atoms with Crippen LogP contribution in [0.4, 0.5) is 0 Å². The van der Waals surface area contributed by atoms with Crippen molar-refractivity contribution >= 4 is 38.9 Å². The predicted octanol–water partition coefficient (Wildman–Crippen LogP) is 5.21. The van der Waals surface area contributed by atoms with E-state index in [9.17, 15) is 0 Å². The van der Waals surface area contributed by atoms with Gasteiger partial charge in [-0.15, -0.1) is 11.3 Å². The molecule has 5 heteroatoms. The first-order valence-corrected chi connectivity index (χ1v) is 8.86. The van der Waals surface area contributed by atoms with E-state index in [4.69, 9.17) is 16.6 Å². The summed E-state index contributed by atoms with van der Waals surface area (Å²) in [6.45, 7) is 3.15. The van der Waals surface area contributed by atoms with E-state index in [1.807, 2.05) is 18.2 Å². The molecule has 0 amide bonds. The number of nitrogens with zero attached hydrogens (tertiary/aromatic N) is 1. The number of halogens is 2. The van der Waals surface area contributed by atoms with Crippen LogP contribution in [0, 0.1) is 0 Å². The van der Waals surface area contributed by atoms with E-state index in [1.54, 1.807) is 11.3 Å². The second-order valence-corrected chi connectivity index (χ2v) is 7.31. The summed E-state index contributed by atoms with van der Waals surface area (Å²) in [6, 6.07) is 6.45. The highest BCUT2D eigenvalue weighted by Gasteiger charge is 2.24. The minimum Gasteiger partial charge on any atom is -0.309 e. The van der Waals surface area contributed by atoms with Crippen molar-refractivity contribution in [1.29, 1.82) is 0 Å². The number of aryl methyl sites for hydroxylation is 1. The number of hydrogen-bond acceptors (Lipinski definition) is 3. The predicted molar refractivity (Wildman–Crippen MR) is 89.6 cm³/mol. The Hall–Kier alpha value is -0.420. The molecular weight excluding hydrogens is 356 g/mol. The third-order valence-corrected chi connectivity index (χ3v) is 5.61. The molecule has 0 bridgehead atoms. The second kappa shape index (κ2) is 6.14. The van der Waals surface area contributed by atoms with Gasteiger partial charge in [-0.25, -0.2) is 4.98 Å². The molecule has 1 aromatic heterocycles. The van der Waals surface area contributed by atoms with Gasteiger partial charge >= 0.3 is 0 Å². The van der Waals surface area contributed by atoms with Gasteiger partial charge in [0.15, 0.2) is 0 Å². The van der Waals surface area contributed by atoms with Crippen molar-refractivity contribution in [2.24, 2.45) is 0 Å². The van der Waals surface area contributed by atoms with Gasteiger partial charge < -0.3 is 5.32 Å². The zero-order valence-corrected chi connectivity index (χ0v) is 14.4. The molecule has 3 rings (SSSR count). The first kappa shape index (κ1) is 14.5. The van der Waals surface area contributed by atoms with E-state index in [-0.39, 0.29) is 0 Å². The fraction of sp³-hybridized carbons (Fsp3) is 0.400. The maximum atomic E-state index is 6.35. The van der Waals surface area contributed by atoms with Gasteiger partial charge in [0, 0.05) is 21.0 Å². The standard InChI is InChI=1S/C15H16BrClN2S/c1-2-18-12-4-3-5-13-14(12)20-15(19-13)10-7-6-9(16)8-11(10)17/h6-8,12,18H,2-5H2,1H3. The Morgan fingerprint density at radius 3 is 3.10 bits per heavy atom. The summed E-state index contributed by atoms with van der Waals surface area (Å²) in [4.78, 5) is 6.22. The lowest BCUT2D eigenvalue weighted by Crippen LogP contribution is -2.23.